The summed E-state index contributed by atoms with van der Waals surface area (Å²) in [6, 6.07) is 0. The number of fused-ring (bicyclic) bond motifs is 1. The van der Waals surface area contributed by atoms with Crippen molar-refractivity contribution in [2.24, 2.45) is 0 Å². The number of benzene rings is 1. The second kappa shape index (κ2) is 7.73. The van der Waals surface area contributed by atoms with Crippen LogP contribution in [0.3, 0.4) is 0 Å². The first-order valence-corrected chi connectivity index (χ1v) is 8.84. The Morgan fingerprint density at radius 3 is 2.65 bits per heavy atom. The summed E-state index contributed by atoms with van der Waals surface area (Å²) in [7, 11) is 1.42. The van der Waals surface area contributed by atoms with Gasteiger partial charge in [0.1, 0.15) is 16.9 Å². The summed E-state index contributed by atoms with van der Waals surface area (Å²) in [4.78, 5) is 14.6. The van der Waals surface area contributed by atoms with Gasteiger partial charge in [0, 0.05) is 25.2 Å². The second-order valence-corrected chi connectivity index (χ2v) is 6.40. The van der Waals surface area contributed by atoms with Crippen LogP contribution in [-0.4, -0.2) is 56.0 Å². The lowest BCUT2D eigenvalue weighted by atomic mass is 10.0. The first kappa shape index (κ1) is 18.8. The molecule has 0 bridgehead atoms. The maximum Gasteiger partial charge on any atom is 0.342 e. The summed E-state index contributed by atoms with van der Waals surface area (Å²) in [5.41, 5.74) is 1.23. The van der Waals surface area contributed by atoms with E-state index >= 15 is 0 Å². The highest BCUT2D eigenvalue weighted by molar-refractivity contribution is 6.34. The van der Waals surface area contributed by atoms with Crippen LogP contribution in [0.25, 0.3) is 11.0 Å². The van der Waals surface area contributed by atoms with Gasteiger partial charge in [-0.25, -0.2) is 4.79 Å². The Labute approximate surface area is 156 Å². The van der Waals surface area contributed by atoms with Gasteiger partial charge in [-0.3, -0.25) is 4.90 Å². The topological polar surface area (TPSA) is 81.4 Å². The van der Waals surface area contributed by atoms with E-state index in [9.17, 15) is 9.90 Å². The number of phenols is 1. The third-order valence-corrected chi connectivity index (χ3v) is 4.84. The van der Waals surface area contributed by atoms with E-state index < -0.39 is 5.97 Å². The van der Waals surface area contributed by atoms with Crippen LogP contribution in [0.15, 0.2) is 4.42 Å². The van der Waals surface area contributed by atoms with Crippen molar-refractivity contribution < 1.29 is 28.5 Å². The number of aromatic hydroxyl groups is 1. The van der Waals surface area contributed by atoms with E-state index in [0.717, 1.165) is 13.1 Å². The van der Waals surface area contributed by atoms with E-state index in [1.165, 1.54) is 7.11 Å². The van der Waals surface area contributed by atoms with Gasteiger partial charge in [0.15, 0.2) is 11.5 Å². The fourth-order valence-electron chi connectivity index (χ4n) is 3.20. The van der Waals surface area contributed by atoms with Crippen LogP contribution in [0.1, 0.15) is 28.6 Å². The summed E-state index contributed by atoms with van der Waals surface area (Å²) >= 11 is 6.50. The van der Waals surface area contributed by atoms with Crippen molar-refractivity contribution in [2.45, 2.75) is 20.4 Å². The average molecular weight is 384 g/mol. The molecule has 1 fully saturated rings. The summed E-state index contributed by atoms with van der Waals surface area (Å²) in [5, 5.41) is 11.2. The molecule has 0 saturated carbocycles. The Hall–Kier alpha value is -1.96. The van der Waals surface area contributed by atoms with Gasteiger partial charge < -0.3 is 23.7 Å². The van der Waals surface area contributed by atoms with Crippen molar-refractivity contribution in [3.05, 3.63) is 21.9 Å². The molecule has 0 radical (unpaired) electrons. The molecule has 26 heavy (non-hydrogen) atoms. The maximum atomic E-state index is 12.4. The third kappa shape index (κ3) is 3.22. The van der Waals surface area contributed by atoms with E-state index in [4.69, 9.17) is 30.2 Å². The molecule has 8 heteroatoms. The number of rotatable bonds is 5. The molecular formula is C18H22ClNO6. The molecule has 1 N–H and O–H groups in total. The Bertz CT molecular complexity index is 825. The van der Waals surface area contributed by atoms with Crippen LogP contribution in [0.5, 0.6) is 11.5 Å². The number of aryl methyl sites for hydroxylation is 1. The number of hydrogen-bond acceptors (Lipinski definition) is 7. The molecule has 2 aromatic rings. The molecule has 3 rings (SSSR count). The van der Waals surface area contributed by atoms with E-state index in [1.54, 1.807) is 13.8 Å². The fourth-order valence-corrected chi connectivity index (χ4v) is 3.51. The van der Waals surface area contributed by atoms with Crippen molar-refractivity contribution in [2.75, 3.05) is 40.0 Å². The number of esters is 1. The predicted molar refractivity (Wildman–Crippen MR) is 96.2 cm³/mol. The summed E-state index contributed by atoms with van der Waals surface area (Å²) in [6.07, 6.45) is 0. The van der Waals surface area contributed by atoms with Gasteiger partial charge in [0.05, 0.1) is 37.3 Å². The molecule has 0 spiro atoms. The lowest BCUT2D eigenvalue weighted by Gasteiger charge is -2.27. The Morgan fingerprint density at radius 1 is 1.35 bits per heavy atom. The summed E-state index contributed by atoms with van der Waals surface area (Å²) in [6.45, 7) is 6.88. The molecule has 0 unspecified atom stereocenters. The number of ether oxygens (including phenoxy) is 3. The van der Waals surface area contributed by atoms with Gasteiger partial charge in [-0.05, 0) is 13.8 Å². The molecule has 1 aromatic carbocycles. The van der Waals surface area contributed by atoms with Gasteiger partial charge in [0.2, 0.25) is 0 Å². The number of halogens is 1. The van der Waals surface area contributed by atoms with E-state index in [2.05, 4.69) is 4.90 Å². The molecule has 1 aliphatic rings. The molecule has 0 aliphatic carbocycles. The molecule has 1 aliphatic heterocycles. The number of furan rings is 1. The molecule has 142 valence electrons. The Morgan fingerprint density at radius 2 is 2.04 bits per heavy atom. The van der Waals surface area contributed by atoms with Gasteiger partial charge >= 0.3 is 5.97 Å². The van der Waals surface area contributed by atoms with Crippen molar-refractivity contribution in [3.63, 3.8) is 0 Å². The highest BCUT2D eigenvalue weighted by Gasteiger charge is 2.30. The van der Waals surface area contributed by atoms with Crippen LogP contribution in [-0.2, 0) is 16.0 Å². The zero-order valence-electron chi connectivity index (χ0n) is 15.1. The largest absolute Gasteiger partial charge is 0.504 e. The first-order valence-electron chi connectivity index (χ1n) is 8.47. The number of hydrogen-bond donors (Lipinski definition) is 1. The van der Waals surface area contributed by atoms with Gasteiger partial charge in [-0.15, -0.1) is 0 Å². The lowest BCUT2D eigenvalue weighted by Crippen LogP contribution is -2.35. The van der Waals surface area contributed by atoms with Gasteiger partial charge in [-0.2, -0.15) is 0 Å². The van der Waals surface area contributed by atoms with Crippen LogP contribution in [0.2, 0.25) is 5.02 Å². The minimum Gasteiger partial charge on any atom is -0.504 e. The first-order chi connectivity index (χ1) is 12.5. The number of nitrogens with zero attached hydrogens (tertiary/aromatic N) is 1. The zero-order valence-corrected chi connectivity index (χ0v) is 15.8. The number of carbonyl (C=O) groups excluding carboxylic acids is 1. The monoisotopic (exact) mass is 383 g/mol. The minimum absolute atomic E-state index is 0.119. The quantitative estimate of drug-likeness (QED) is 0.794. The van der Waals surface area contributed by atoms with Gasteiger partial charge in [-0.1, -0.05) is 11.6 Å². The number of methoxy groups -OCH3 is 1. The minimum atomic E-state index is -0.555. The average Bonchev–Trinajstić information content (AvgIpc) is 2.97. The smallest absolute Gasteiger partial charge is 0.342 e. The SMILES string of the molecule is CCOC(=O)c1c(C)oc2c(CN3CCOCC3)c(Cl)c(OC)c(O)c12. The van der Waals surface area contributed by atoms with Crippen molar-refractivity contribution in [3.8, 4) is 11.5 Å². The van der Waals surface area contributed by atoms with Crippen molar-refractivity contribution >= 4 is 28.5 Å². The highest BCUT2D eigenvalue weighted by atomic mass is 35.5. The highest BCUT2D eigenvalue weighted by Crippen LogP contribution is 2.47. The van der Waals surface area contributed by atoms with E-state index in [-0.39, 0.29) is 34.1 Å². The summed E-state index contributed by atoms with van der Waals surface area (Å²) in [5.74, 6) is -0.297. The van der Waals surface area contributed by atoms with E-state index in [0.29, 0.717) is 36.7 Å². The second-order valence-electron chi connectivity index (χ2n) is 6.02. The van der Waals surface area contributed by atoms with Crippen LogP contribution >= 0.6 is 11.6 Å². The fraction of sp³-hybridized carbons (Fsp3) is 0.500. The molecular weight excluding hydrogens is 362 g/mol. The molecule has 2 heterocycles. The van der Waals surface area contributed by atoms with Gasteiger partial charge in [0.25, 0.3) is 0 Å². The maximum absolute atomic E-state index is 12.4. The number of carbonyl (C=O) groups is 1. The molecule has 1 saturated heterocycles. The van der Waals surface area contributed by atoms with Crippen molar-refractivity contribution in [1.29, 1.82) is 0 Å². The normalized spacial score (nSPS) is 15.4. The van der Waals surface area contributed by atoms with Crippen LogP contribution in [0.4, 0.5) is 0 Å². The Balaban J connectivity index is 2.20. The zero-order chi connectivity index (χ0) is 18.8. The molecule has 7 nitrogen and oxygen atoms in total. The lowest BCUT2D eigenvalue weighted by molar-refractivity contribution is 0.0342. The number of phenolic OH excluding ortho intramolecular Hbond substituents is 1. The predicted octanol–water partition coefficient (Wildman–Crippen LogP) is 3.12. The third-order valence-electron chi connectivity index (χ3n) is 4.44. The van der Waals surface area contributed by atoms with Crippen LogP contribution in [0, 0.1) is 6.92 Å². The van der Waals surface area contributed by atoms with Crippen LogP contribution < -0.4 is 4.74 Å². The number of morpholine rings is 1. The standard InChI is InChI=1S/C18H22ClNO6/c1-4-25-18(22)12-10(2)26-16-11(9-20-5-7-24-8-6-20)14(19)17(23-3)15(21)13(12)16/h21H,4-9H2,1-3H3. The van der Waals surface area contributed by atoms with Crippen molar-refractivity contribution in [1.82, 2.24) is 4.90 Å². The molecule has 0 amide bonds. The van der Waals surface area contributed by atoms with E-state index in [1.807, 2.05) is 0 Å². The summed E-state index contributed by atoms with van der Waals surface area (Å²) < 4.78 is 21.6. The Kier molecular flexibility index (Phi) is 5.60. The molecule has 1 aromatic heterocycles. The molecule has 0 atom stereocenters.